The number of fused-ring (bicyclic) bond motifs is 1. The monoisotopic (exact) mass is 892 g/mol. The van der Waals surface area contributed by atoms with Crippen molar-refractivity contribution in [1.82, 2.24) is 31.6 Å². The SMILES string of the molecule is CC(=O)N[C@H](Cc1ccc2ccccc2c1)C(=O)N[C@H](Cc1ccc(Cl)cc1)C(=O)N[C@H](Cc1cccnc1)C(=O)N[C@@H](COC(C)(C)C)C(=O)N[C@@H](Cc1ccc(O)cc1)C(=O)O. The fraction of sp³-hybridized carbons (Fsp3) is 0.312. The number of aromatic hydroxyl groups is 1. The Morgan fingerprint density at radius 1 is 0.594 bits per heavy atom. The second kappa shape index (κ2) is 22.5. The molecule has 0 aliphatic heterocycles. The first-order chi connectivity index (χ1) is 30.4. The van der Waals surface area contributed by atoms with Gasteiger partial charge < -0.3 is 41.5 Å². The maximum absolute atomic E-state index is 14.5. The number of amides is 5. The molecule has 0 spiro atoms. The van der Waals surface area contributed by atoms with Crippen LogP contribution in [0.15, 0.2) is 116 Å². The topological polar surface area (TPSA) is 225 Å². The average Bonchev–Trinajstić information content (AvgIpc) is 3.25. The summed E-state index contributed by atoms with van der Waals surface area (Å²) in [5, 5.41) is 35.6. The van der Waals surface area contributed by atoms with Gasteiger partial charge in [0.1, 0.15) is 36.0 Å². The maximum atomic E-state index is 14.5. The van der Waals surface area contributed by atoms with E-state index in [1.807, 2.05) is 42.5 Å². The van der Waals surface area contributed by atoms with E-state index in [0.717, 1.165) is 16.3 Å². The van der Waals surface area contributed by atoms with Gasteiger partial charge in [-0.25, -0.2) is 4.79 Å². The van der Waals surface area contributed by atoms with Gasteiger partial charge in [0.25, 0.3) is 0 Å². The highest BCUT2D eigenvalue weighted by atomic mass is 35.5. The third-order valence-electron chi connectivity index (χ3n) is 10.0. The molecule has 0 aliphatic carbocycles. The number of phenolic OH excluding ortho intramolecular Hbond substituents is 1. The summed E-state index contributed by atoms with van der Waals surface area (Å²) in [6.07, 6.45) is 2.89. The van der Waals surface area contributed by atoms with E-state index in [0.29, 0.717) is 21.7 Å². The number of halogens is 1. The Hall–Kier alpha value is -6.84. The number of aromatic nitrogens is 1. The molecule has 0 unspecified atom stereocenters. The summed E-state index contributed by atoms with van der Waals surface area (Å²) in [5.74, 6) is -4.90. The molecule has 7 N–H and O–H groups in total. The minimum Gasteiger partial charge on any atom is -0.508 e. The van der Waals surface area contributed by atoms with Crippen LogP contribution in [0.5, 0.6) is 5.75 Å². The summed E-state index contributed by atoms with van der Waals surface area (Å²) >= 11 is 6.16. The average molecular weight is 893 g/mol. The van der Waals surface area contributed by atoms with Crippen LogP contribution in [0.3, 0.4) is 0 Å². The largest absolute Gasteiger partial charge is 0.508 e. The van der Waals surface area contributed by atoms with Gasteiger partial charge in [0.15, 0.2) is 0 Å². The lowest BCUT2D eigenvalue weighted by Gasteiger charge is -2.28. The molecule has 1 aromatic heterocycles. The van der Waals surface area contributed by atoms with Gasteiger partial charge in [-0.15, -0.1) is 0 Å². The number of ether oxygens (including phenoxy) is 1. The number of benzene rings is 4. The van der Waals surface area contributed by atoms with Gasteiger partial charge in [0.2, 0.25) is 29.5 Å². The van der Waals surface area contributed by atoms with E-state index in [-0.39, 0.29) is 38.0 Å². The highest BCUT2D eigenvalue weighted by molar-refractivity contribution is 6.30. The normalized spacial score (nSPS) is 13.6. The first-order valence-corrected chi connectivity index (χ1v) is 21.0. The van der Waals surface area contributed by atoms with Crippen LogP contribution in [-0.4, -0.2) is 93.1 Å². The van der Waals surface area contributed by atoms with Crippen LogP contribution in [0.2, 0.25) is 5.02 Å². The minimum atomic E-state index is -1.43. The third kappa shape index (κ3) is 15.2. The molecule has 5 rings (SSSR count). The predicted octanol–water partition coefficient (Wildman–Crippen LogP) is 4.21. The zero-order chi connectivity index (χ0) is 46.4. The minimum absolute atomic E-state index is 0.0143. The fourth-order valence-corrected chi connectivity index (χ4v) is 6.88. The van der Waals surface area contributed by atoms with Gasteiger partial charge in [-0.3, -0.25) is 29.0 Å². The zero-order valence-electron chi connectivity index (χ0n) is 36.0. The van der Waals surface area contributed by atoms with Gasteiger partial charge in [0, 0.05) is 50.0 Å². The molecule has 0 aliphatic rings. The molecule has 0 saturated carbocycles. The molecular formula is C48H53ClN6O9. The number of carboxylic acid groups (broad SMARTS) is 1. The summed E-state index contributed by atoms with van der Waals surface area (Å²) in [6, 6.07) is 22.7. The molecule has 5 atom stereocenters. The number of nitrogens with one attached hydrogen (secondary N) is 5. The smallest absolute Gasteiger partial charge is 0.326 e. The van der Waals surface area contributed by atoms with E-state index in [2.05, 4.69) is 31.6 Å². The van der Waals surface area contributed by atoms with Crippen molar-refractivity contribution < 1.29 is 43.7 Å². The maximum Gasteiger partial charge on any atom is 0.326 e. The summed E-state index contributed by atoms with van der Waals surface area (Å²) in [7, 11) is 0. The van der Waals surface area contributed by atoms with E-state index >= 15 is 0 Å². The number of rotatable bonds is 20. The molecule has 4 aromatic carbocycles. The van der Waals surface area contributed by atoms with Crippen LogP contribution >= 0.6 is 11.6 Å². The number of carbonyl (C=O) groups excluding carboxylic acids is 5. The molecule has 5 amide bonds. The number of aliphatic carboxylic acids is 1. The van der Waals surface area contributed by atoms with Gasteiger partial charge in [-0.1, -0.05) is 84.4 Å². The Morgan fingerprint density at radius 3 is 1.64 bits per heavy atom. The molecule has 0 bridgehead atoms. The van der Waals surface area contributed by atoms with Crippen LogP contribution in [-0.2, 0) is 59.2 Å². The van der Waals surface area contributed by atoms with Gasteiger partial charge in [-0.2, -0.15) is 0 Å². The molecule has 5 aromatic rings. The summed E-state index contributed by atoms with van der Waals surface area (Å²) < 4.78 is 5.90. The fourth-order valence-electron chi connectivity index (χ4n) is 6.76. The lowest BCUT2D eigenvalue weighted by Crippen LogP contribution is -2.60. The van der Waals surface area contributed by atoms with E-state index < -0.39 is 71.3 Å². The van der Waals surface area contributed by atoms with Crippen LogP contribution in [0.4, 0.5) is 0 Å². The van der Waals surface area contributed by atoms with Crippen LogP contribution in [0, 0.1) is 0 Å². The molecule has 15 nitrogen and oxygen atoms in total. The summed E-state index contributed by atoms with van der Waals surface area (Å²) in [6.45, 7) is 6.16. The van der Waals surface area contributed by atoms with Crippen molar-refractivity contribution in [1.29, 1.82) is 0 Å². The molecule has 0 radical (unpaired) electrons. The zero-order valence-corrected chi connectivity index (χ0v) is 36.7. The van der Waals surface area contributed by atoms with Gasteiger partial charge in [-0.05, 0) is 84.1 Å². The quantitative estimate of drug-likeness (QED) is 0.0590. The number of phenols is 1. The standard InChI is InChI=1S/C48H53ClN6O9/c1-29(56)51-38(25-32-11-16-34-9-5-6-10-35(34)22-32)43(58)52-39(23-30-12-17-36(49)18-13-30)44(59)53-40(26-33-8-7-21-50-27-33)45(60)55-42(28-64-48(2,3)4)46(61)54-41(47(62)63)24-31-14-19-37(57)20-15-31/h5-22,27,38-42,57H,23-26,28H2,1-4H3,(H,51,56)(H,52,58)(H,53,59)(H,54,61)(H,55,60)(H,62,63)/t38-,39-,40-,41+,42+/m1/s1. The molecule has 64 heavy (non-hydrogen) atoms. The van der Waals surface area contributed by atoms with Crippen molar-refractivity contribution in [3.05, 3.63) is 143 Å². The van der Waals surface area contributed by atoms with Crippen molar-refractivity contribution in [2.75, 3.05) is 6.61 Å². The first-order valence-electron chi connectivity index (χ1n) is 20.7. The van der Waals surface area contributed by atoms with Crippen molar-refractivity contribution >= 4 is 57.9 Å². The molecule has 336 valence electrons. The lowest BCUT2D eigenvalue weighted by molar-refractivity contribution is -0.143. The Bertz CT molecular complexity index is 2410. The number of carboxylic acids is 1. The number of carbonyl (C=O) groups is 6. The second-order valence-electron chi connectivity index (χ2n) is 16.4. The van der Waals surface area contributed by atoms with Crippen LogP contribution in [0.1, 0.15) is 49.9 Å². The van der Waals surface area contributed by atoms with Gasteiger partial charge in [0.05, 0.1) is 12.2 Å². The summed E-state index contributed by atoms with van der Waals surface area (Å²) in [4.78, 5) is 85.7. The van der Waals surface area contributed by atoms with Crippen molar-refractivity contribution in [2.45, 2.75) is 89.2 Å². The highest BCUT2D eigenvalue weighted by Crippen LogP contribution is 2.18. The second-order valence-corrected chi connectivity index (χ2v) is 16.8. The number of hydrogen-bond acceptors (Lipinski definition) is 9. The number of nitrogens with zero attached hydrogens (tertiary/aromatic N) is 1. The molecule has 16 heteroatoms. The molecule has 0 saturated heterocycles. The van der Waals surface area contributed by atoms with Crippen molar-refractivity contribution in [3.8, 4) is 5.75 Å². The first kappa shape index (κ1) is 48.2. The molecular weight excluding hydrogens is 840 g/mol. The Balaban J connectivity index is 1.41. The van der Waals surface area contributed by atoms with Crippen LogP contribution < -0.4 is 26.6 Å². The van der Waals surface area contributed by atoms with Crippen molar-refractivity contribution in [3.63, 3.8) is 0 Å². The van der Waals surface area contributed by atoms with E-state index in [4.69, 9.17) is 16.3 Å². The number of hydrogen-bond donors (Lipinski definition) is 7. The van der Waals surface area contributed by atoms with E-state index in [1.54, 1.807) is 63.4 Å². The lowest BCUT2D eigenvalue weighted by atomic mass is 9.99. The van der Waals surface area contributed by atoms with Crippen LogP contribution in [0.25, 0.3) is 10.8 Å². The third-order valence-corrected chi connectivity index (χ3v) is 10.3. The van der Waals surface area contributed by atoms with Gasteiger partial charge >= 0.3 is 5.97 Å². The Labute approximate surface area is 376 Å². The van der Waals surface area contributed by atoms with Crippen molar-refractivity contribution in [2.24, 2.45) is 0 Å². The van der Waals surface area contributed by atoms with E-state index in [9.17, 15) is 39.0 Å². The molecule has 0 fully saturated rings. The predicted molar refractivity (Wildman–Crippen MR) is 241 cm³/mol. The molecule has 1 heterocycles. The highest BCUT2D eigenvalue weighted by Gasteiger charge is 2.34. The Kier molecular flexibility index (Phi) is 16.9. The number of pyridine rings is 1. The Morgan fingerprint density at radius 2 is 1.08 bits per heavy atom. The summed E-state index contributed by atoms with van der Waals surface area (Å²) in [5.41, 5.74) is 1.69. The van der Waals surface area contributed by atoms with E-state index in [1.165, 1.54) is 37.4 Å².